The van der Waals surface area contributed by atoms with Crippen LogP contribution in [0.4, 0.5) is 5.69 Å². The number of rotatable bonds is 6. The number of likely N-dealkylation sites (tertiary alicyclic amines) is 1. The smallest absolute Gasteiger partial charge is 0.240 e. The van der Waals surface area contributed by atoms with Crippen molar-refractivity contribution in [3.05, 3.63) is 23.8 Å². The van der Waals surface area contributed by atoms with Gasteiger partial charge in [0.15, 0.2) is 0 Å². The Kier molecular flexibility index (Phi) is 7.43. The first-order chi connectivity index (χ1) is 15.7. The lowest BCUT2D eigenvalue weighted by atomic mass is 9.88. The van der Waals surface area contributed by atoms with Crippen molar-refractivity contribution in [1.29, 1.82) is 0 Å². The van der Waals surface area contributed by atoms with E-state index in [0.717, 1.165) is 62.9 Å². The molecule has 3 aliphatic rings. The van der Waals surface area contributed by atoms with E-state index in [-0.39, 0.29) is 35.6 Å². The SMILES string of the molecule is CC1CCC(NS(=O)(=O)c2ccc3c(c2)CCN3C(=O)CCC(=O)N2CCC(C)CC2)CC1. The summed E-state index contributed by atoms with van der Waals surface area (Å²) in [6, 6.07) is 5.04. The van der Waals surface area contributed by atoms with E-state index in [4.69, 9.17) is 0 Å². The van der Waals surface area contributed by atoms with Gasteiger partial charge in [-0.05, 0) is 80.5 Å². The fourth-order valence-electron chi connectivity index (χ4n) is 5.23. The third kappa shape index (κ3) is 5.77. The summed E-state index contributed by atoms with van der Waals surface area (Å²) in [5.41, 5.74) is 1.64. The second-order valence-corrected chi connectivity index (χ2v) is 11.9. The molecule has 2 amide bonds. The zero-order valence-electron chi connectivity index (χ0n) is 19.9. The number of nitrogens with one attached hydrogen (secondary N) is 1. The average Bonchev–Trinajstić information content (AvgIpc) is 3.22. The monoisotopic (exact) mass is 475 g/mol. The number of hydrogen-bond donors (Lipinski definition) is 1. The highest BCUT2D eigenvalue weighted by Crippen LogP contribution is 2.32. The highest BCUT2D eigenvalue weighted by Gasteiger charge is 2.29. The molecule has 1 aromatic carbocycles. The number of sulfonamides is 1. The number of hydrogen-bond acceptors (Lipinski definition) is 4. The van der Waals surface area contributed by atoms with Gasteiger partial charge in [-0.3, -0.25) is 9.59 Å². The van der Waals surface area contributed by atoms with E-state index in [1.165, 1.54) is 0 Å². The maximum Gasteiger partial charge on any atom is 0.240 e. The molecule has 1 N–H and O–H groups in total. The van der Waals surface area contributed by atoms with Gasteiger partial charge in [-0.15, -0.1) is 0 Å². The van der Waals surface area contributed by atoms with Crippen LogP contribution in [0, 0.1) is 11.8 Å². The first-order valence-corrected chi connectivity index (χ1v) is 13.9. The summed E-state index contributed by atoms with van der Waals surface area (Å²) in [7, 11) is -3.58. The van der Waals surface area contributed by atoms with Gasteiger partial charge in [0.05, 0.1) is 4.90 Å². The van der Waals surface area contributed by atoms with Gasteiger partial charge in [-0.25, -0.2) is 13.1 Å². The van der Waals surface area contributed by atoms with E-state index < -0.39 is 10.0 Å². The summed E-state index contributed by atoms with van der Waals surface area (Å²) in [6.45, 7) is 6.51. The van der Waals surface area contributed by atoms with Crippen LogP contribution >= 0.6 is 0 Å². The Hall–Kier alpha value is -1.93. The Morgan fingerprint density at radius 1 is 0.909 bits per heavy atom. The van der Waals surface area contributed by atoms with Gasteiger partial charge in [0.2, 0.25) is 21.8 Å². The molecule has 8 heteroatoms. The molecule has 33 heavy (non-hydrogen) atoms. The van der Waals surface area contributed by atoms with Crippen LogP contribution in [-0.4, -0.2) is 50.8 Å². The molecule has 0 unspecified atom stereocenters. The van der Waals surface area contributed by atoms with Crippen molar-refractivity contribution in [3.63, 3.8) is 0 Å². The number of carbonyl (C=O) groups is 2. The standard InChI is InChI=1S/C25H37N3O4S/c1-18-3-5-21(6-4-18)26-33(31,32)22-7-8-23-20(17-22)13-16-28(23)25(30)10-9-24(29)27-14-11-19(2)12-15-27/h7-8,17-19,21,26H,3-6,9-16H2,1-2H3. The van der Waals surface area contributed by atoms with Crippen molar-refractivity contribution in [3.8, 4) is 0 Å². The molecule has 0 bridgehead atoms. The number of piperidine rings is 1. The van der Waals surface area contributed by atoms with Gasteiger partial charge in [0.1, 0.15) is 0 Å². The molecule has 0 spiro atoms. The maximum atomic E-state index is 12.9. The average molecular weight is 476 g/mol. The largest absolute Gasteiger partial charge is 0.343 e. The summed E-state index contributed by atoms with van der Waals surface area (Å²) < 4.78 is 28.7. The highest BCUT2D eigenvalue weighted by atomic mass is 32.2. The van der Waals surface area contributed by atoms with Crippen LogP contribution in [0.1, 0.15) is 70.8 Å². The minimum atomic E-state index is -3.58. The van der Waals surface area contributed by atoms with Crippen LogP contribution in [0.15, 0.2) is 23.1 Å². The predicted octanol–water partition coefficient (Wildman–Crippen LogP) is 3.47. The van der Waals surface area contributed by atoms with Crippen LogP contribution in [0.5, 0.6) is 0 Å². The molecule has 1 aromatic rings. The minimum absolute atomic E-state index is 0.00168. The van der Waals surface area contributed by atoms with Gasteiger partial charge in [-0.2, -0.15) is 0 Å². The molecule has 1 saturated heterocycles. The summed E-state index contributed by atoms with van der Waals surface area (Å²) >= 11 is 0. The third-order valence-electron chi connectivity index (χ3n) is 7.58. The van der Waals surface area contributed by atoms with E-state index in [2.05, 4.69) is 18.6 Å². The molecule has 2 aliphatic heterocycles. The number of nitrogens with zero attached hydrogens (tertiary/aromatic N) is 2. The summed E-state index contributed by atoms with van der Waals surface area (Å²) in [5.74, 6) is 1.30. The first-order valence-electron chi connectivity index (χ1n) is 12.5. The molecule has 7 nitrogen and oxygen atoms in total. The second-order valence-electron chi connectivity index (χ2n) is 10.2. The number of fused-ring (bicyclic) bond motifs is 1. The number of carbonyl (C=O) groups excluding carboxylic acids is 2. The van der Waals surface area contributed by atoms with Crippen molar-refractivity contribution in [1.82, 2.24) is 9.62 Å². The Labute approximate surface area is 198 Å². The van der Waals surface area contributed by atoms with E-state index in [0.29, 0.717) is 24.8 Å². The molecular weight excluding hydrogens is 438 g/mol. The maximum absolute atomic E-state index is 12.9. The predicted molar refractivity (Wildman–Crippen MR) is 128 cm³/mol. The normalized spacial score (nSPS) is 24.1. The molecule has 0 radical (unpaired) electrons. The van der Waals surface area contributed by atoms with Gasteiger partial charge >= 0.3 is 0 Å². The van der Waals surface area contributed by atoms with Crippen LogP contribution in [0.2, 0.25) is 0 Å². The van der Waals surface area contributed by atoms with E-state index in [1.54, 1.807) is 23.1 Å². The Morgan fingerprint density at radius 3 is 2.24 bits per heavy atom. The van der Waals surface area contributed by atoms with Crippen molar-refractivity contribution in [2.45, 2.75) is 82.6 Å². The number of amides is 2. The molecule has 2 heterocycles. The summed E-state index contributed by atoms with van der Waals surface area (Å²) in [5, 5.41) is 0. The topological polar surface area (TPSA) is 86.8 Å². The summed E-state index contributed by atoms with van der Waals surface area (Å²) in [6.07, 6.45) is 6.95. The van der Waals surface area contributed by atoms with Crippen LogP contribution in [0.25, 0.3) is 0 Å². The molecular formula is C25H37N3O4S. The molecule has 182 valence electrons. The second kappa shape index (κ2) is 10.1. The van der Waals surface area contributed by atoms with Crippen LogP contribution in [-0.2, 0) is 26.0 Å². The Bertz CT molecular complexity index is 977. The Morgan fingerprint density at radius 2 is 1.55 bits per heavy atom. The van der Waals surface area contributed by atoms with Gasteiger partial charge in [-0.1, -0.05) is 13.8 Å². The lowest BCUT2D eigenvalue weighted by Gasteiger charge is -2.30. The van der Waals surface area contributed by atoms with Gasteiger partial charge in [0, 0.05) is 44.2 Å². The van der Waals surface area contributed by atoms with Crippen LogP contribution < -0.4 is 9.62 Å². The first kappa shape index (κ1) is 24.2. The highest BCUT2D eigenvalue weighted by molar-refractivity contribution is 7.89. The zero-order valence-corrected chi connectivity index (χ0v) is 20.7. The lowest BCUT2D eigenvalue weighted by molar-refractivity contribution is -0.134. The van der Waals surface area contributed by atoms with Crippen molar-refractivity contribution in [2.75, 3.05) is 24.5 Å². The fraction of sp³-hybridized carbons (Fsp3) is 0.680. The van der Waals surface area contributed by atoms with E-state index in [1.807, 2.05) is 4.90 Å². The Balaban J connectivity index is 1.34. The molecule has 1 saturated carbocycles. The minimum Gasteiger partial charge on any atom is -0.343 e. The van der Waals surface area contributed by atoms with Crippen molar-refractivity contribution < 1.29 is 18.0 Å². The molecule has 4 rings (SSSR count). The quantitative estimate of drug-likeness (QED) is 0.683. The fourth-order valence-corrected chi connectivity index (χ4v) is 6.59. The zero-order chi connectivity index (χ0) is 23.6. The molecule has 2 fully saturated rings. The molecule has 0 atom stereocenters. The summed E-state index contributed by atoms with van der Waals surface area (Å²) in [4.78, 5) is 29.2. The third-order valence-corrected chi connectivity index (χ3v) is 9.10. The van der Waals surface area contributed by atoms with E-state index >= 15 is 0 Å². The number of anilines is 1. The van der Waals surface area contributed by atoms with Gasteiger partial charge in [0.25, 0.3) is 0 Å². The van der Waals surface area contributed by atoms with E-state index in [9.17, 15) is 18.0 Å². The number of benzene rings is 1. The molecule has 0 aromatic heterocycles. The van der Waals surface area contributed by atoms with Crippen molar-refractivity contribution in [2.24, 2.45) is 11.8 Å². The van der Waals surface area contributed by atoms with Crippen LogP contribution in [0.3, 0.4) is 0 Å². The molecule has 1 aliphatic carbocycles. The van der Waals surface area contributed by atoms with Crippen molar-refractivity contribution >= 4 is 27.5 Å². The van der Waals surface area contributed by atoms with Gasteiger partial charge < -0.3 is 9.80 Å². The lowest BCUT2D eigenvalue weighted by Crippen LogP contribution is -2.38.